The summed E-state index contributed by atoms with van der Waals surface area (Å²) in [6.07, 6.45) is 0. The zero-order chi connectivity index (χ0) is 9.26. The molecule has 2 heterocycles. The summed E-state index contributed by atoms with van der Waals surface area (Å²) < 4.78 is 0. The van der Waals surface area contributed by atoms with Crippen molar-refractivity contribution < 1.29 is 9.90 Å². The van der Waals surface area contributed by atoms with E-state index in [0.29, 0.717) is 5.69 Å². The number of hydrogen-bond donors (Lipinski definition) is 2. The average Bonchev–Trinajstić information content (AvgIpc) is 2.74. The van der Waals surface area contributed by atoms with E-state index in [0.717, 1.165) is 5.56 Å². The van der Waals surface area contributed by atoms with Crippen LogP contribution in [0.1, 0.15) is 10.5 Å². The minimum Gasteiger partial charge on any atom is -0.476 e. The summed E-state index contributed by atoms with van der Waals surface area (Å²) in [5.74, 6) is -1.07. The number of hydrogen-bond acceptors (Lipinski definition) is 4. The minimum absolute atomic E-state index is 0.0431. The van der Waals surface area contributed by atoms with Gasteiger partial charge >= 0.3 is 5.97 Å². The van der Waals surface area contributed by atoms with Crippen LogP contribution in [-0.4, -0.2) is 26.5 Å². The number of nitrogens with zero attached hydrogens (tertiary/aromatic N) is 2. The molecule has 2 aromatic rings. The van der Waals surface area contributed by atoms with Gasteiger partial charge in [-0.15, -0.1) is 5.10 Å². The van der Waals surface area contributed by atoms with Crippen LogP contribution < -0.4 is 0 Å². The summed E-state index contributed by atoms with van der Waals surface area (Å²) in [5, 5.41) is 22.0. The summed E-state index contributed by atoms with van der Waals surface area (Å²) in [7, 11) is 0. The maximum atomic E-state index is 10.7. The molecule has 13 heavy (non-hydrogen) atoms. The van der Waals surface area contributed by atoms with Crippen molar-refractivity contribution in [1.29, 1.82) is 0 Å². The Morgan fingerprint density at radius 2 is 2.38 bits per heavy atom. The van der Waals surface area contributed by atoms with Crippen LogP contribution in [0.3, 0.4) is 0 Å². The first-order chi connectivity index (χ1) is 6.29. The van der Waals surface area contributed by atoms with E-state index in [4.69, 9.17) is 5.11 Å². The van der Waals surface area contributed by atoms with Gasteiger partial charge in [-0.3, -0.25) is 0 Å². The molecule has 2 rings (SSSR count). The van der Waals surface area contributed by atoms with Crippen molar-refractivity contribution in [1.82, 2.24) is 15.4 Å². The van der Waals surface area contributed by atoms with E-state index in [9.17, 15) is 4.79 Å². The van der Waals surface area contributed by atoms with Crippen LogP contribution in [0.2, 0.25) is 0 Å². The monoisotopic (exact) mass is 195 g/mol. The number of aromatic amines is 1. The van der Waals surface area contributed by atoms with Gasteiger partial charge in [-0.1, -0.05) is 0 Å². The van der Waals surface area contributed by atoms with Gasteiger partial charge in [0.15, 0.2) is 5.69 Å². The Morgan fingerprint density at radius 1 is 1.54 bits per heavy atom. The molecule has 5 nitrogen and oxygen atoms in total. The Hall–Kier alpha value is -1.69. The minimum atomic E-state index is -1.07. The lowest BCUT2D eigenvalue weighted by molar-refractivity contribution is 0.0691. The Balaban J connectivity index is 2.52. The maximum Gasteiger partial charge on any atom is 0.358 e. The molecule has 0 atom stereocenters. The fraction of sp³-hybridized carbons (Fsp3) is 0. The van der Waals surface area contributed by atoms with Gasteiger partial charge in [0.1, 0.15) is 5.69 Å². The molecule has 0 amide bonds. The molecule has 0 aliphatic carbocycles. The Morgan fingerprint density at radius 3 is 3.00 bits per heavy atom. The van der Waals surface area contributed by atoms with Gasteiger partial charge in [0, 0.05) is 10.9 Å². The largest absolute Gasteiger partial charge is 0.476 e. The van der Waals surface area contributed by atoms with E-state index in [-0.39, 0.29) is 5.69 Å². The summed E-state index contributed by atoms with van der Waals surface area (Å²) >= 11 is 1.48. The van der Waals surface area contributed by atoms with Gasteiger partial charge in [0.25, 0.3) is 0 Å². The van der Waals surface area contributed by atoms with Crippen LogP contribution in [0.5, 0.6) is 0 Å². The average molecular weight is 195 g/mol. The van der Waals surface area contributed by atoms with Crippen molar-refractivity contribution in [3.05, 3.63) is 22.5 Å². The standard InChI is InChI=1S/C7H5N3O2S/c11-7(12)6-5(8-10-9-6)4-1-2-13-3-4/h1-3H,(H,11,12)(H,8,9,10). The smallest absolute Gasteiger partial charge is 0.358 e. The summed E-state index contributed by atoms with van der Waals surface area (Å²) in [5.41, 5.74) is 1.11. The predicted molar refractivity (Wildman–Crippen MR) is 46.7 cm³/mol. The number of aromatic nitrogens is 3. The first-order valence-electron chi connectivity index (χ1n) is 3.45. The number of carboxylic acids is 1. The van der Waals surface area contributed by atoms with Crippen LogP contribution in [-0.2, 0) is 0 Å². The Bertz CT molecular complexity index is 421. The van der Waals surface area contributed by atoms with E-state index < -0.39 is 5.97 Å². The van der Waals surface area contributed by atoms with E-state index in [2.05, 4.69) is 15.4 Å². The SMILES string of the molecule is O=C(O)c1n[nH]nc1-c1ccsc1. The van der Waals surface area contributed by atoms with Gasteiger partial charge in [-0.25, -0.2) is 4.79 Å². The topological polar surface area (TPSA) is 78.9 Å². The molecule has 2 N–H and O–H groups in total. The van der Waals surface area contributed by atoms with Crippen molar-refractivity contribution >= 4 is 17.3 Å². The van der Waals surface area contributed by atoms with Crippen molar-refractivity contribution in [3.63, 3.8) is 0 Å². The fourth-order valence-corrected chi connectivity index (χ4v) is 1.62. The van der Waals surface area contributed by atoms with Gasteiger partial charge in [-0.2, -0.15) is 21.6 Å². The molecule has 0 fully saturated rings. The fourth-order valence-electron chi connectivity index (χ4n) is 0.980. The molecule has 0 saturated carbocycles. The van der Waals surface area contributed by atoms with Gasteiger partial charge in [0.05, 0.1) is 0 Å². The molecule has 2 aromatic heterocycles. The number of rotatable bonds is 2. The molecule has 6 heteroatoms. The number of H-pyrrole nitrogens is 1. The lowest BCUT2D eigenvalue weighted by Gasteiger charge is -1.90. The first-order valence-corrected chi connectivity index (χ1v) is 4.40. The quantitative estimate of drug-likeness (QED) is 0.755. The van der Waals surface area contributed by atoms with Gasteiger partial charge < -0.3 is 5.11 Å². The second kappa shape index (κ2) is 2.98. The van der Waals surface area contributed by atoms with E-state index in [1.807, 2.05) is 10.8 Å². The van der Waals surface area contributed by atoms with Crippen molar-refractivity contribution in [3.8, 4) is 11.3 Å². The predicted octanol–water partition coefficient (Wildman–Crippen LogP) is 1.23. The third kappa shape index (κ3) is 1.31. The second-order valence-corrected chi connectivity index (χ2v) is 3.12. The first kappa shape index (κ1) is 7.93. The highest BCUT2D eigenvalue weighted by Crippen LogP contribution is 2.21. The molecular formula is C7H5N3O2S. The van der Waals surface area contributed by atoms with Crippen molar-refractivity contribution in [2.24, 2.45) is 0 Å². The summed E-state index contributed by atoms with van der Waals surface area (Å²) in [6, 6.07) is 1.80. The molecule has 0 spiro atoms. The van der Waals surface area contributed by atoms with Crippen LogP contribution in [0.4, 0.5) is 0 Å². The molecule has 0 aromatic carbocycles. The summed E-state index contributed by atoms with van der Waals surface area (Å²) in [6.45, 7) is 0. The number of aromatic carboxylic acids is 1. The molecular weight excluding hydrogens is 190 g/mol. The third-order valence-corrected chi connectivity index (χ3v) is 2.23. The van der Waals surface area contributed by atoms with E-state index in [1.165, 1.54) is 11.3 Å². The highest BCUT2D eigenvalue weighted by atomic mass is 32.1. The maximum absolute atomic E-state index is 10.7. The number of thiophene rings is 1. The molecule has 0 unspecified atom stereocenters. The molecule has 66 valence electrons. The second-order valence-electron chi connectivity index (χ2n) is 2.34. The van der Waals surface area contributed by atoms with Gasteiger partial charge in [0.2, 0.25) is 0 Å². The summed E-state index contributed by atoms with van der Waals surface area (Å²) in [4.78, 5) is 10.7. The lowest BCUT2D eigenvalue weighted by atomic mass is 10.2. The lowest BCUT2D eigenvalue weighted by Crippen LogP contribution is -1.98. The molecule has 0 aliphatic heterocycles. The Labute approximate surface area is 77.0 Å². The number of nitrogens with one attached hydrogen (secondary N) is 1. The van der Waals surface area contributed by atoms with Crippen LogP contribution in [0, 0.1) is 0 Å². The van der Waals surface area contributed by atoms with Crippen LogP contribution >= 0.6 is 11.3 Å². The molecule has 0 radical (unpaired) electrons. The number of carboxylic acid groups (broad SMARTS) is 1. The zero-order valence-corrected chi connectivity index (χ0v) is 7.21. The highest BCUT2D eigenvalue weighted by Gasteiger charge is 2.16. The molecule has 0 saturated heterocycles. The van der Waals surface area contributed by atoms with Crippen molar-refractivity contribution in [2.45, 2.75) is 0 Å². The van der Waals surface area contributed by atoms with Crippen LogP contribution in [0.25, 0.3) is 11.3 Å². The molecule has 0 aliphatic rings. The number of carbonyl (C=O) groups is 1. The molecule has 0 bridgehead atoms. The third-order valence-electron chi connectivity index (χ3n) is 1.55. The van der Waals surface area contributed by atoms with E-state index >= 15 is 0 Å². The zero-order valence-electron chi connectivity index (χ0n) is 6.39. The normalized spacial score (nSPS) is 10.2. The van der Waals surface area contributed by atoms with Gasteiger partial charge in [-0.05, 0) is 11.4 Å². The van der Waals surface area contributed by atoms with E-state index in [1.54, 1.807) is 6.07 Å². The van der Waals surface area contributed by atoms with Crippen LogP contribution in [0.15, 0.2) is 16.8 Å². The van der Waals surface area contributed by atoms with Crippen molar-refractivity contribution in [2.75, 3.05) is 0 Å². The Kier molecular flexibility index (Phi) is 1.82. The highest BCUT2D eigenvalue weighted by molar-refractivity contribution is 7.08.